The van der Waals surface area contributed by atoms with E-state index in [0.29, 0.717) is 0 Å². The van der Waals surface area contributed by atoms with Gasteiger partial charge in [0.1, 0.15) is 7.85 Å². The number of para-hydroxylation sites is 1. The van der Waals surface area contributed by atoms with Crippen molar-refractivity contribution in [2.24, 2.45) is 0 Å². The van der Waals surface area contributed by atoms with Gasteiger partial charge in [-0.3, -0.25) is 0 Å². The van der Waals surface area contributed by atoms with Crippen molar-refractivity contribution in [3.05, 3.63) is 84.9 Å². The van der Waals surface area contributed by atoms with Crippen molar-refractivity contribution in [1.82, 2.24) is 4.57 Å². The Balaban J connectivity index is 1.93. The summed E-state index contributed by atoms with van der Waals surface area (Å²) in [5, 5.41) is 5.16. The summed E-state index contributed by atoms with van der Waals surface area (Å²) < 4.78 is 2.38. The summed E-state index contributed by atoms with van der Waals surface area (Å²) in [6.07, 6.45) is 0. The Labute approximate surface area is 141 Å². The second kappa shape index (κ2) is 5.00. The van der Waals surface area contributed by atoms with E-state index in [2.05, 4.69) is 97.3 Å². The zero-order chi connectivity index (χ0) is 16.1. The van der Waals surface area contributed by atoms with E-state index in [0.717, 1.165) is 0 Å². The van der Waals surface area contributed by atoms with E-state index in [-0.39, 0.29) is 0 Å². The monoisotopic (exact) mass is 305 g/mol. The van der Waals surface area contributed by atoms with Crippen LogP contribution >= 0.6 is 0 Å². The largest absolute Gasteiger partial charge is 0.309 e. The molecule has 1 aromatic heterocycles. The third-order valence-electron chi connectivity index (χ3n) is 4.82. The maximum absolute atomic E-state index is 2.38. The Hall–Kier alpha value is -3.00. The average Bonchev–Trinajstić information content (AvgIpc) is 2.94. The molecule has 24 heavy (non-hydrogen) atoms. The molecule has 0 aliphatic heterocycles. The first kappa shape index (κ1) is 13.4. The molecule has 0 unspecified atom stereocenters. The van der Waals surface area contributed by atoms with Crippen molar-refractivity contribution < 1.29 is 0 Å². The number of aromatic nitrogens is 1. The molecule has 1 heterocycles. The minimum absolute atomic E-state index is 1.21. The van der Waals surface area contributed by atoms with E-state index in [9.17, 15) is 0 Å². The summed E-state index contributed by atoms with van der Waals surface area (Å²) >= 11 is 0. The number of hydrogen-bond donors (Lipinski definition) is 0. The van der Waals surface area contributed by atoms with Crippen LogP contribution in [0.3, 0.4) is 0 Å². The van der Waals surface area contributed by atoms with Gasteiger partial charge in [-0.15, -0.1) is 0 Å². The van der Waals surface area contributed by atoms with Crippen LogP contribution in [0.4, 0.5) is 0 Å². The van der Waals surface area contributed by atoms with Gasteiger partial charge in [0.2, 0.25) is 0 Å². The lowest BCUT2D eigenvalue weighted by Gasteiger charge is -2.09. The Morgan fingerprint density at radius 1 is 0.583 bits per heavy atom. The van der Waals surface area contributed by atoms with E-state index in [1.165, 1.54) is 43.7 Å². The Morgan fingerprint density at radius 2 is 1.33 bits per heavy atom. The first-order valence-electron chi connectivity index (χ1n) is 8.30. The van der Waals surface area contributed by atoms with Gasteiger partial charge in [-0.05, 0) is 35.0 Å². The van der Waals surface area contributed by atoms with Crippen LogP contribution in [0.5, 0.6) is 0 Å². The maximum Gasteiger partial charge on any atom is 0.139 e. The predicted octanol–water partition coefficient (Wildman–Crippen LogP) is 4.20. The van der Waals surface area contributed by atoms with Crippen molar-refractivity contribution in [2.45, 2.75) is 0 Å². The topological polar surface area (TPSA) is 4.93 Å². The van der Waals surface area contributed by atoms with Gasteiger partial charge in [-0.2, -0.15) is 0 Å². The van der Waals surface area contributed by atoms with Crippen LogP contribution in [0, 0.1) is 0 Å². The minimum Gasteiger partial charge on any atom is -0.309 e. The fraction of sp³-hybridized carbons (Fsp3) is 0. The third-order valence-corrected chi connectivity index (χ3v) is 4.82. The van der Waals surface area contributed by atoms with Crippen molar-refractivity contribution in [3.8, 4) is 5.69 Å². The molecule has 112 valence electrons. The van der Waals surface area contributed by atoms with E-state index < -0.39 is 0 Å². The first-order valence-corrected chi connectivity index (χ1v) is 8.30. The van der Waals surface area contributed by atoms with Crippen LogP contribution in [-0.2, 0) is 0 Å². The summed E-state index contributed by atoms with van der Waals surface area (Å²) in [5.41, 5.74) is 5.03. The Kier molecular flexibility index (Phi) is 2.80. The normalized spacial score (nSPS) is 11.5. The van der Waals surface area contributed by atoms with Crippen molar-refractivity contribution >= 4 is 45.9 Å². The van der Waals surface area contributed by atoms with Crippen molar-refractivity contribution in [1.29, 1.82) is 0 Å². The highest BCUT2D eigenvalue weighted by molar-refractivity contribution is 6.33. The summed E-state index contributed by atoms with van der Waals surface area (Å²) in [7, 11) is 2.15. The molecule has 4 aromatic carbocycles. The molecular weight excluding hydrogens is 289 g/mol. The van der Waals surface area contributed by atoms with Crippen LogP contribution in [0.2, 0.25) is 0 Å². The zero-order valence-corrected chi connectivity index (χ0v) is 13.5. The molecule has 0 saturated carbocycles. The van der Waals surface area contributed by atoms with Crippen LogP contribution in [-0.4, -0.2) is 12.4 Å². The van der Waals surface area contributed by atoms with E-state index in [4.69, 9.17) is 0 Å². The van der Waals surface area contributed by atoms with Gasteiger partial charge < -0.3 is 4.57 Å². The third kappa shape index (κ3) is 1.90. The Morgan fingerprint density at radius 3 is 2.25 bits per heavy atom. The van der Waals surface area contributed by atoms with Crippen molar-refractivity contribution in [2.75, 3.05) is 0 Å². The molecule has 0 aliphatic carbocycles. The van der Waals surface area contributed by atoms with Crippen LogP contribution in [0.15, 0.2) is 84.9 Å². The number of nitrogens with zero attached hydrogens (tertiary/aromatic N) is 1. The smallest absolute Gasteiger partial charge is 0.139 e. The molecule has 0 spiro atoms. The zero-order valence-electron chi connectivity index (χ0n) is 13.5. The predicted molar refractivity (Wildman–Crippen MR) is 106 cm³/mol. The minimum atomic E-state index is 1.21. The van der Waals surface area contributed by atoms with Gasteiger partial charge in [0.05, 0.1) is 11.0 Å². The van der Waals surface area contributed by atoms with Crippen LogP contribution in [0.25, 0.3) is 38.3 Å². The lowest BCUT2D eigenvalue weighted by Crippen LogP contribution is -2.02. The second-order valence-corrected chi connectivity index (χ2v) is 6.40. The van der Waals surface area contributed by atoms with Gasteiger partial charge in [0.15, 0.2) is 0 Å². The molecule has 0 radical (unpaired) electrons. The highest BCUT2D eigenvalue weighted by Gasteiger charge is 2.12. The molecular formula is C22H16BN. The number of fused-ring (bicyclic) bond motifs is 4. The van der Waals surface area contributed by atoms with E-state index >= 15 is 0 Å². The Bertz CT molecular complexity index is 1220. The average molecular weight is 305 g/mol. The number of rotatable bonds is 1. The molecule has 5 rings (SSSR count). The van der Waals surface area contributed by atoms with Crippen LogP contribution < -0.4 is 5.46 Å². The van der Waals surface area contributed by atoms with Gasteiger partial charge in [-0.25, -0.2) is 0 Å². The summed E-state index contributed by atoms with van der Waals surface area (Å²) in [4.78, 5) is 0. The van der Waals surface area contributed by atoms with Gasteiger partial charge in [0.25, 0.3) is 0 Å². The SMILES string of the molecule is Bc1ccc2c3ccccc3n(-c3ccc4ccccc4c3)c2c1. The number of hydrogen-bond acceptors (Lipinski definition) is 0. The molecule has 0 aliphatic rings. The second-order valence-electron chi connectivity index (χ2n) is 6.40. The molecule has 0 fully saturated rings. The molecule has 0 bridgehead atoms. The van der Waals surface area contributed by atoms with Crippen molar-refractivity contribution in [3.63, 3.8) is 0 Å². The molecule has 5 aromatic rings. The standard InChI is InChI=1S/C22H16BN/c23-17-10-12-20-19-7-3-4-8-21(19)24(22(20)14-17)18-11-9-15-5-1-2-6-16(15)13-18/h1-14H,23H2. The first-order chi connectivity index (χ1) is 11.8. The fourth-order valence-electron chi connectivity index (χ4n) is 3.67. The highest BCUT2D eigenvalue weighted by atomic mass is 15.0. The molecule has 1 nitrogen and oxygen atoms in total. The molecule has 2 heteroatoms. The lowest BCUT2D eigenvalue weighted by molar-refractivity contribution is 1.19. The molecule has 0 saturated heterocycles. The van der Waals surface area contributed by atoms with Gasteiger partial charge >= 0.3 is 0 Å². The molecule has 0 N–H and O–H groups in total. The van der Waals surface area contributed by atoms with Gasteiger partial charge in [0, 0.05) is 16.5 Å². The van der Waals surface area contributed by atoms with E-state index in [1.807, 2.05) is 0 Å². The molecule has 0 atom stereocenters. The highest BCUT2D eigenvalue weighted by Crippen LogP contribution is 2.32. The maximum atomic E-state index is 2.38. The lowest BCUT2D eigenvalue weighted by atomic mass is 9.95. The summed E-state index contributed by atoms with van der Waals surface area (Å²) in [6, 6.07) is 30.6. The summed E-state index contributed by atoms with van der Waals surface area (Å²) in [6.45, 7) is 0. The van der Waals surface area contributed by atoms with Crippen LogP contribution in [0.1, 0.15) is 0 Å². The quantitative estimate of drug-likeness (QED) is 0.409. The summed E-state index contributed by atoms with van der Waals surface area (Å²) in [5.74, 6) is 0. The van der Waals surface area contributed by atoms with E-state index in [1.54, 1.807) is 0 Å². The van der Waals surface area contributed by atoms with Gasteiger partial charge in [-0.1, -0.05) is 66.1 Å². The molecule has 0 amide bonds. The fourth-order valence-corrected chi connectivity index (χ4v) is 3.67. The number of benzene rings is 4.